The van der Waals surface area contributed by atoms with E-state index in [2.05, 4.69) is 44.8 Å². The summed E-state index contributed by atoms with van der Waals surface area (Å²) in [5, 5.41) is 3.36. The SMILES string of the molecule is CCC(C)C(CN1CC(C(C)(C)C)CC1=O)NC. The van der Waals surface area contributed by atoms with E-state index in [1.165, 1.54) is 0 Å². The monoisotopic (exact) mass is 254 g/mol. The third kappa shape index (κ3) is 3.71. The molecule has 1 fully saturated rings. The third-order valence-electron chi connectivity index (χ3n) is 4.56. The Kier molecular flexibility index (Phi) is 5.20. The third-order valence-corrected chi connectivity index (χ3v) is 4.56. The summed E-state index contributed by atoms with van der Waals surface area (Å²) in [4.78, 5) is 14.2. The van der Waals surface area contributed by atoms with Crippen molar-refractivity contribution in [2.75, 3.05) is 20.1 Å². The fourth-order valence-corrected chi connectivity index (χ4v) is 2.61. The first-order chi connectivity index (χ1) is 8.29. The molecule has 3 nitrogen and oxygen atoms in total. The summed E-state index contributed by atoms with van der Waals surface area (Å²) in [5.74, 6) is 1.44. The zero-order valence-electron chi connectivity index (χ0n) is 12.9. The molecule has 1 N–H and O–H groups in total. The van der Waals surface area contributed by atoms with Crippen LogP contribution in [0.4, 0.5) is 0 Å². The first-order valence-electron chi connectivity index (χ1n) is 7.24. The zero-order valence-corrected chi connectivity index (χ0v) is 12.9. The van der Waals surface area contributed by atoms with Gasteiger partial charge in [-0.15, -0.1) is 0 Å². The van der Waals surface area contributed by atoms with Gasteiger partial charge in [-0.25, -0.2) is 0 Å². The zero-order chi connectivity index (χ0) is 13.9. The van der Waals surface area contributed by atoms with E-state index in [4.69, 9.17) is 0 Å². The van der Waals surface area contributed by atoms with Gasteiger partial charge in [0, 0.05) is 25.6 Å². The Morgan fingerprint density at radius 2 is 2.06 bits per heavy atom. The Balaban J connectivity index is 2.60. The number of likely N-dealkylation sites (tertiary alicyclic amines) is 1. The van der Waals surface area contributed by atoms with E-state index in [1.807, 2.05) is 7.05 Å². The van der Waals surface area contributed by atoms with Gasteiger partial charge in [-0.2, -0.15) is 0 Å². The summed E-state index contributed by atoms with van der Waals surface area (Å²) in [6.45, 7) is 12.9. The summed E-state index contributed by atoms with van der Waals surface area (Å²) in [6.07, 6.45) is 1.87. The van der Waals surface area contributed by atoms with Crippen molar-refractivity contribution in [3.8, 4) is 0 Å². The van der Waals surface area contributed by atoms with E-state index >= 15 is 0 Å². The largest absolute Gasteiger partial charge is 0.341 e. The highest BCUT2D eigenvalue weighted by Gasteiger charge is 2.37. The number of hydrogen-bond donors (Lipinski definition) is 1. The molecule has 0 bridgehead atoms. The average molecular weight is 254 g/mol. The van der Waals surface area contributed by atoms with Gasteiger partial charge in [-0.3, -0.25) is 4.79 Å². The molecule has 0 aromatic heterocycles. The number of amides is 1. The van der Waals surface area contributed by atoms with Gasteiger partial charge in [0.05, 0.1) is 0 Å². The van der Waals surface area contributed by atoms with Crippen molar-refractivity contribution in [2.45, 2.75) is 53.5 Å². The molecular weight excluding hydrogens is 224 g/mol. The second-order valence-electron chi connectivity index (χ2n) is 6.85. The van der Waals surface area contributed by atoms with Gasteiger partial charge >= 0.3 is 0 Å². The van der Waals surface area contributed by atoms with Gasteiger partial charge in [0.15, 0.2) is 0 Å². The van der Waals surface area contributed by atoms with Crippen LogP contribution < -0.4 is 5.32 Å². The van der Waals surface area contributed by atoms with Crippen LogP contribution in [0.3, 0.4) is 0 Å². The molecule has 0 spiro atoms. The molecule has 0 saturated carbocycles. The van der Waals surface area contributed by atoms with E-state index in [0.29, 0.717) is 23.8 Å². The van der Waals surface area contributed by atoms with Gasteiger partial charge in [0.25, 0.3) is 0 Å². The summed E-state index contributed by atoms with van der Waals surface area (Å²) in [7, 11) is 2.00. The Morgan fingerprint density at radius 1 is 1.44 bits per heavy atom. The molecule has 3 unspecified atom stereocenters. The minimum Gasteiger partial charge on any atom is -0.341 e. The molecule has 18 heavy (non-hydrogen) atoms. The van der Waals surface area contributed by atoms with Crippen LogP contribution in [-0.2, 0) is 4.79 Å². The fourth-order valence-electron chi connectivity index (χ4n) is 2.61. The number of rotatable bonds is 5. The lowest BCUT2D eigenvalue weighted by Crippen LogP contribution is -2.44. The van der Waals surface area contributed by atoms with Crippen molar-refractivity contribution < 1.29 is 4.79 Å². The second-order valence-corrected chi connectivity index (χ2v) is 6.85. The Hall–Kier alpha value is -0.570. The van der Waals surface area contributed by atoms with Crippen LogP contribution >= 0.6 is 0 Å². The molecule has 0 aromatic rings. The van der Waals surface area contributed by atoms with Crippen molar-refractivity contribution in [1.82, 2.24) is 10.2 Å². The van der Waals surface area contributed by atoms with Gasteiger partial charge < -0.3 is 10.2 Å². The average Bonchev–Trinajstić information content (AvgIpc) is 2.66. The molecule has 1 amide bonds. The number of carbonyl (C=O) groups excluding carboxylic acids is 1. The highest BCUT2D eigenvalue weighted by Crippen LogP contribution is 2.34. The highest BCUT2D eigenvalue weighted by molar-refractivity contribution is 5.78. The lowest BCUT2D eigenvalue weighted by molar-refractivity contribution is -0.128. The standard InChI is InChI=1S/C15H30N2O/c1-7-11(2)13(16-6)10-17-9-12(8-14(17)18)15(3,4)5/h11-13,16H,7-10H2,1-6H3. The quantitative estimate of drug-likeness (QED) is 0.817. The number of nitrogens with zero attached hydrogens (tertiary/aromatic N) is 1. The van der Waals surface area contributed by atoms with Crippen LogP contribution in [0, 0.1) is 17.3 Å². The van der Waals surface area contributed by atoms with E-state index < -0.39 is 0 Å². The summed E-state index contributed by atoms with van der Waals surface area (Å²) >= 11 is 0. The second kappa shape index (κ2) is 6.05. The van der Waals surface area contributed by atoms with Crippen molar-refractivity contribution >= 4 is 5.91 Å². The molecule has 1 saturated heterocycles. The first kappa shape index (κ1) is 15.5. The molecule has 1 rings (SSSR count). The molecule has 3 heteroatoms. The maximum atomic E-state index is 12.1. The smallest absolute Gasteiger partial charge is 0.222 e. The number of carbonyl (C=O) groups is 1. The fraction of sp³-hybridized carbons (Fsp3) is 0.933. The summed E-state index contributed by atoms with van der Waals surface area (Å²) in [5.41, 5.74) is 0.232. The predicted octanol–water partition coefficient (Wildman–Crippen LogP) is 2.52. The summed E-state index contributed by atoms with van der Waals surface area (Å²) in [6, 6.07) is 0.415. The van der Waals surface area contributed by atoms with E-state index in [1.54, 1.807) is 0 Å². The highest BCUT2D eigenvalue weighted by atomic mass is 16.2. The minimum absolute atomic E-state index is 0.232. The Morgan fingerprint density at radius 3 is 2.44 bits per heavy atom. The number of nitrogens with one attached hydrogen (secondary N) is 1. The van der Waals surface area contributed by atoms with E-state index in [0.717, 1.165) is 25.9 Å². The molecular formula is C15H30N2O. The van der Waals surface area contributed by atoms with Crippen LogP contribution in [0.1, 0.15) is 47.5 Å². The molecule has 0 aromatic carbocycles. The van der Waals surface area contributed by atoms with Crippen molar-refractivity contribution in [2.24, 2.45) is 17.3 Å². The molecule has 106 valence electrons. The Labute approximate surface area is 112 Å². The summed E-state index contributed by atoms with van der Waals surface area (Å²) < 4.78 is 0. The lowest BCUT2D eigenvalue weighted by atomic mass is 9.80. The molecule has 1 heterocycles. The van der Waals surface area contributed by atoms with Crippen molar-refractivity contribution in [3.05, 3.63) is 0 Å². The minimum atomic E-state index is 0.232. The van der Waals surface area contributed by atoms with E-state index in [-0.39, 0.29) is 5.41 Å². The lowest BCUT2D eigenvalue weighted by Gasteiger charge is -2.30. The molecule has 1 aliphatic heterocycles. The van der Waals surface area contributed by atoms with Crippen LogP contribution in [-0.4, -0.2) is 37.0 Å². The maximum absolute atomic E-state index is 12.1. The van der Waals surface area contributed by atoms with Crippen LogP contribution in [0.2, 0.25) is 0 Å². The van der Waals surface area contributed by atoms with Crippen LogP contribution in [0.15, 0.2) is 0 Å². The van der Waals surface area contributed by atoms with Crippen LogP contribution in [0.25, 0.3) is 0 Å². The van der Waals surface area contributed by atoms with Crippen LogP contribution in [0.5, 0.6) is 0 Å². The molecule has 0 aliphatic carbocycles. The van der Waals surface area contributed by atoms with Crippen molar-refractivity contribution in [1.29, 1.82) is 0 Å². The van der Waals surface area contributed by atoms with E-state index in [9.17, 15) is 4.79 Å². The maximum Gasteiger partial charge on any atom is 0.222 e. The predicted molar refractivity (Wildman–Crippen MR) is 76.4 cm³/mol. The van der Waals surface area contributed by atoms with Gasteiger partial charge in [0.1, 0.15) is 0 Å². The van der Waals surface area contributed by atoms with Gasteiger partial charge in [-0.1, -0.05) is 41.0 Å². The normalized spacial score (nSPS) is 24.4. The Bertz CT molecular complexity index is 283. The number of likely N-dealkylation sites (N-methyl/N-ethyl adjacent to an activating group) is 1. The topological polar surface area (TPSA) is 32.3 Å². The first-order valence-corrected chi connectivity index (χ1v) is 7.24. The number of hydrogen-bond acceptors (Lipinski definition) is 2. The molecule has 1 aliphatic rings. The van der Waals surface area contributed by atoms with Gasteiger partial charge in [-0.05, 0) is 24.3 Å². The molecule has 0 radical (unpaired) electrons. The van der Waals surface area contributed by atoms with Crippen molar-refractivity contribution in [3.63, 3.8) is 0 Å². The van der Waals surface area contributed by atoms with Gasteiger partial charge in [0.2, 0.25) is 5.91 Å². The molecule has 3 atom stereocenters.